The third kappa shape index (κ3) is 9.93. The van der Waals surface area contributed by atoms with Gasteiger partial charge in [-0.05, 0) is 179 Å². The second kappa shape index (κ2) is 19.8. The van der Waals surface area contributed by atoms with E-state index in [4.69, 9.17) is 4.74 Å². The molecule has 0 saturated heterocycles. The summed E-state index contributed by atoms with van der Waals surface area (Å²) < 4.78 is 7.81. The van der Waals surface area contributed by atoms with E-state index in [0.717, 1.165) is 72.4 Å². The number of hydrogen-bond donors (Lipinski definition) is 2. The maximum absolute atomic E-state index is 12.4. The summed E-state index contributed by atoms with van der Waals surface area (Å²) in [6, 6.07) is 15.6. The van der Waals surface area contributed by atoms with Gasteiger partial charge in [-0.1, -0.05) is 70.9 Å². The molecule has 0 aliphatic heterocycles. The quantitative estimate of drug-likeness (QED) is 0.108. The van der Waals surface area contributed by atoms with E-state index in [9.17, 15) is 9.59 Å². The average Bonchev–Trinajstić information content (AvgIpc) is 3.92. The molecular weight excluding hydrogens is 729 g/mol. The van der Waals surface area contributed by atoms with Crippen LogP contribution in [0.15, 0.2) is 79.9 Å². The van der Waals surface area contributed by atoms with E-state index in [1.54, 1.807) is 12.3 Å². The topological polar surface area (TPSA) is 85.3 Å². The monoisotopic (exact) mass is 805 g/mol. The van der Waals surface area contributed by atoms with Gasteiger partial charge in [-0.15, -0.1) is 6.58 Å². The van der Waals surface area contributed by atoms with Crippen molar-refractivity contribution in [3.63, 3.8) is 0 Å². The Morgan fingerprint density at radius 1 is 0.898 bits per heavy atom. The number of aromatic nitrogens is 2. The first-order valence-corrected chi connectivity index (χ1v) is 23.2. The molecule has 0 radical (unpaired) electrons. The van der Waals surface area contributed by atoms with Gasteiger partial charge in [0, 0.05) is 36.5 Å². The molecule has 0 spiro atoms. The Balaban J connectivity index is 0.000000186. The van der Waals surface area contributed by atoms with Gasteiger partial charge in [0.25, 0.3) is 5.91 Å². The molecular formula is C52H76N4O3. The van der Waals surface area contributed by atoms with Crippen LogP contribution in [0.4, 0.5) is 0 Å². The number of nitrogens with one attached hydrogen (secondary N) is 2. The van der Waals surface area contributed by atoms with Gasteiger partial charge in [-0.2, -0.15) is 0 Å². The Labute approximate surface area is 357 Å². The zero-order chi connectivity index (χ0) is 42.1. The lowest BCUT2D eigenvalue weighted by atomic mass is 9.36. The number of aryl methyl sites for hydroxylation is 1. The van der Waals surface area contributed by atoms with E-state index in [1.807, 2.05) is 79.6 Å². The van der Waals surface area contributed by atoms with E-state index in [1.165, 1.54) is 83.3 Å². The lowest BCUT2D eigenvalue weighted by Crippen LogP contribution is -2.61. The van der Waals surface area contributed by atoms with E-state index in [2.05, 4.69) is 49.9 Å². The van der Waals surface area contributed by atoms with Crippen molar-refractivity contribution in [2.24, 2.45) is 51.2 Å². The minimum absolute atomic E-state index is 0.0591. The Kier molecular flexibility index (Phi) is 15.0. The Morgan fingerprint density at radius 3 is 2.42 bits per heavy atom. The number of nitrogens with zero attached hydrogens (tertiary/aromatic N) is 2. The Hall–Kier alpha value is -3.71. The predicted octanol–water partition coefficient (Wildman–Crippen LogP) is 11.3. The number of allylic oxidation sites excluding steroid dienone is 1. The lowest BCUT2D eigenvalue weighted by molar-refractivity contribution is -0.194. The maximum Gasteiger partial charge on any atom is 0.251 e. The first kappa shape index (κ1) is 44.8. The summed E-state index contributed by atoms with van der Waals surface area (Å²) in [6.45, 7) is 18.7. The van der Waals surface area contributed by atoms with E-state index >= 15 is 0 Å². The summed E-state index contributed by atoms with van der Waals surface area (Å²) in [4.78, 5) is 28.6. The van der Waals surface area contributed by atoms with Crippen molar-refractivity contribution in [1.82, 2.24) is 20.2 Å². The van der Waals surface area contributed by atoms with E-state index < -0.39 is 0 Å². The van der Waals surface area contributed by atoms with Gasteiger partial charge in [0.2, 0.25) is 0 Å². The van der Waals surface area contributed by atoms with Gasteiger partial charge in [-0.25, -0.2) is 4.98 Å². The third-order valence-electron chi connectivity index (χ3n) is 16.2. The van der Waals surface area contributed by atoms with Gasteiger partial charge >= 0.3 is 0 Å². The van der Waals surface area contributed by atoms with Crippen LogP contribution in [0.3, 0.4) is 0 Å². The standard InChI is InChI=1S/C26H42O.C23H28N4O2.C3H6/c1-23(2)12-6-13-25(4)21(23)11-15-24(3)19-10-16-26(17-27)14-5-7-20(26)18(19)8-9-22(24)25;1-24-11-10-19-4-2-5-21(16-19)23(28)26-17-20-6-8-22(9-7-20)29-15-3-13-27-14-12-25-18-27;1-3-2/h17-22H,5-16H2,1-4H3;2,4-9,12,14,16,18,24H,3,10-11,13,15,17H2,1H3,(H,26,28);3H,1H2,2H3. The minimum atomic E-state index is -0.0591. The summed E-state index contributed by atoms with van der Waals surface area (Å²) in [5.74, 6) is 5.10. The molecule has 8 unspecified atom stereocenters. The molecule has 7 heteroatoms. The van der Waals surface area contributed by atoms with E-state index in [0.29, 0.717) is 35.0 Å². The molecule has 2 N–H and O–H groups in total. The average molecular weight is 805 g/mol. The largest absolute Gasteiger partial charge is 0.494 e. The number of benzene rings is 2. The van der Waals surface area contributed by atoms with Crippen molar-refractivity contribution >= 4 is 12.2 Å². The van der Waals surface area contributed by atoms with Crippen molar-refractivity contribution in [1.29, 1.82) is 0 Å². The summed E-state index contributed by atoms with van der Waals surface area (Å²) >= 11 is 0. The summed E-state index contributed by atoms with van der Waals surface area (Å²) in [5, 5.41) is 6.11. The van der Waals surface area contributed by atoms with Gasteiger partial charge in [0.1, 0.15) is 12.0 Å². The number of carbonyl (C=O) groups is 2. The fraction of sp³-hybridized carbons (Fsp3) is 0.635. The summed E-state index contributed by atoms with van der Waals surface area (Å²) in [7, 11) is 1.92. The minimum Gasteiger partial charge on any atom is -0.494 e. The normalized spacial score (nSPS) is 31.3. The number of fused-ring (bicyclic) bond motifs is 7. The van der Waals surface area contributed by atoms with Crippen LogP contribution in [0.25, 0.3) is 0 Å². The van der Waals surface area contributed by atoms with Gasteiger partial charge in [0.05, 0.1) is 12.9 Å². The van der Waals surface area contributed by atoms with Crippen LogP contribution in [-0.2, 0) is 24.3 Å². The van der Waals surface area contributed by atoms with Crippen LogP contribution in [0.5, 0.6) is 5.75 Å². The van der Waals surface area contributed by atoms with E-state index in [-0.39, 0.29) is 11.3 Å². The SMILES string of the molecule is C=CC.CC1(C)CCCC2(C)C1CCC1(C)C3CCC4(C=O)CCCC4C3CCC12.CNCCc1cccc(C(=O)NCc2ccc(OCCCn3ccnc3)cc2)c1. The van der Waals surface area contributed by atoms with Gasteiger partial charge in [0.15, 0.2) is 0 Å². The molecule has 1 amide bonds. The molecule has 1 heterocycles. The van der Waals surface area contributed by atoms with Gasteiger partial charge in [-0.3, -0.25) is 4.79 Å². The maximum atomic E-state index is 12.4. The van der Waals surface area contributed by atoms with Crippen LogP contribution >= 0.6 is 0 Å². The van der Waals surface area contributed by atoms with Crippen LogP contribution in [0, 0.1) is 51.2 Å². The molecule has 5 aliphatic carbocycles. The molecule has 0 bridgehead atoms. The number of imidazole rings is 1. The van der Waals surface area contributed by atoms with Gasteiger partial charge < -0.3 is 24.7 Å². The molecule has 5 fully saturated rings. The highest BCUT2D eigenvalue weighted by Gasteiger charge is 2.65. The third-order valence-corrected chi connectivity index (χ3v) is 16.2. The molecule has 59 heavy (non-hydrogen) atoms. The molecule has 7 nitrogen and oxygen atoms in total. The Morgan fingerprint density at radius 2 is 1.69 bits per heavy atom. The lowest BCUT2D eigenvalue weighted by Gasteiger charge is -2.68. The highest BCUT2D eigenvalue weighted by molar-refractivity contribution is 5.94. The number of carbonyl (C=O) groups excluding carboxylic acids is 2. The molecule has 5 saturated carbocycles. The molecule has 5 aliphatic rings. The highest BCUT2D eigenvalue weighted by Crippen LogP contribution is 2.72. The summed E-state index contributed by atoms with van der Waals surface area (Å²) in [5.41, 5.74) is 4.61. The van der Waals surface area contributed by atoms with Crippen molar-refractivity contribution in [2.45, 2.75) is 138 Å². The zero-order valence-corrected chi connectivity index (χ0v) is 37.4. The molecule has 2 aromatic carbocycles. The second-order valence-electron chi connectivity index (χ2n) is 20.0. The van der Waals surface area contributed by atoms with Crippen LogP contribution in [0.1, 0.15) is 140 Å². The van der Waals surface area contributed by atoms with Crippen LogP contribution in [0.2, 0.25) is 0 Å². The summed E-state index contributed by atoms with van der Waals surface area (Å²) in [6.07, 6.45) is 27.1. The fourth-order valence-corrected chi connectivity index (χ4v) is 13.6. The smallest absolute Gasteiger partial charge is 0.251 e. The molecule has 8 atom stereocenters. The molecule has 1 aromatic heterocycles. The fourth-order valence-electron chi connectivity index (χ4n) is 13.6. The number of aldehydes is 1. The Bertz CT molecular complexity index is 1800. The van der Waals surface area contributed by atoms with Crippen molar-refractivity contribution in [3.05, 3.63) is 96.6 Å². The first-order chi connectivity index (χ1) is 28.4. The van der Waals surface area contributed by atoms with Crippen molar-refractivity contribution in [3.8, 4) is 5.75 Å². The number of hydrogen-bond acceptors (Lipinski definition) is 5. The van der Waals surface area contributed by atoms with Crippen LogP contribution < -0.4 is 15.4 Å². The number of amides is 1. The first-order valence-electron chi connectivity index (χ1n) is 23.2. The highest BCUT2D eigenvalue weighted by atomic mass is 16.5. The van der Waals surface area contributed by atoms with Crippen LogP contribution in [-0.4, -0.2) is 41.9 Å². The second-order valence-corrected chi connectivity index (χ2v) is 20.0. The molecule has 322 valence electrons. The predicted molar refractivity (Wildman–Crippen MR) is 241 cm³/mol. The van der Waals surface area contributed by atoms with Crippen molar-refractivity contribution in [2.75, 3.05) is 20.2 Å². The van der Waals surface area contributed by atoms with Crippen molar-refractivity contribution < 1.29 is 14.3 Å². The molecule has 3 aromatic rings. The zero-order valence-electron chi connectivity index (χ0n) is 37.4. The number of rotatable bonds is 12. The number of likely N-dealkylation sites (N-methyl/N-ethyl adjacent to an activating group) is 1. The number of ether oxygens (including phenoxy) is 1. The molecule has 8 rings (SSSR count).